The lowest BCUT2D eigenvalue weighted by molar-refractivity contribution is -0.119. The summed E-state index contributed by atoms with van der Waals surface area (Å²) in [5.74, 6) is 2.36. The largest absolute Gasteiger partial charge is 0.306 e. The molecule has 1 N–H and O–H groups in total. The van der Waals surface area contributed by atoms with Crippen molar-refractivity contribution in [3.05, 3.63) is 35.2 Å². The normalized spacial score (nSPS) is 20.1. The molecular weight excluding hydrogens is 262 g/mol. The van der Waals surface area contributed by atoms with Gasteiger partial charge >= 0.3 is 0 Å². The highest BCUT2D eigenvalue weighted by Gasteiger charge is 2.21. The molecule has 3 rings (SSSR count). The third-order valence-electron chi connectivity index (χ3n) is 3.24. The van der Waals surface area contributed by atoms with Crippen molar-refractivity contribution >= 4 is 39.0 Å². The van der Waals surface area contributed by atoms with E-state index in [1.165, 1.54) is 15.6 Å². The molecule has 0 bridgehead atoms. The zero-order chi connectivity index (χ0) is 12.4. The fourth-order valence-corrected chi connectivity index (χ4v) is 4.18. The first-order chi connectivity index (χ1) is 8.84. The van der Waals surface area contributed by atoms with E-state index in [9.17, 15) is 4.79 Å². The number of nitrogens with one attached hydrogen (secondary N) is 1. The van der Waals surface area contributed by atoms with Crippen LogP contribution >= 0.6 is 23.1 Å². The number of fused-ring (bicyclic) bond motifs is 1. The Balaban J connectivity index is 1.77. The molecule has 2 aromatic rings. The highest BCUT2D eigenvalue weighted by atomic mass is 32.2. The summed E-state index contributed by atoms with van der Waals surface area (Å²) >= 11 is 3.59. The van der Waals surface area contributed by atoms with Crippen LogP contribution in [0.1, 0.15) is 5.56 Å². The van der Waals surface area contributed by atoms with Crippen molar-refractivity contribution in [2.45, 2.75) is 12.5 Å². The van der Waals surface area contributed by atoms with Crippen molar-refractivity contribution in [1.82, 2.24) is 5.32 Å². The molecular formula is C14H15NOS2. The molecule has 2 heterocycles. The predicted octanol–water partition coefficient (Wildman–Crippen LogP) is 2.72. The van der Waals surface area contributed by atoms with E-state index in [0.29, 0.717) is 12.2 Å². The first-order valence-corrected chi connectivity index (χ1v) is 8.17. The van der Waals surface area contributed by atoms with Crippen molar-refractivity contribution in [3.8, 4) is 0 Å². The van der Waals surface area contributed by atoms with E-state index >= 15 is 0 Å². The zero-order valence-corrected chi connectivity index (χ0v) is 11.7. The van der Waals surface area contributed by atoms with Crippen LogP contribution in [0, 0.1) is 0 Å². The molecule has 1 unspecified atom stereocenters. The minimum Gasteiger partial charge on any atom is -0.306 e. The Kier molecular flexibility index (Phi) is 3.68. The van der Waals surface area contributed by atoms with Crippen LogP contribution in [0.4, 0.5) is 0 Å². The van der Waals surface area contributed by atoms with Gasteiger partial charge in [0.15, 0.2) is 5.78 Å². The minimum absolute atomic E-state index is 0.0439. The summed E-state index contributed by atoms with van der Waals surface area (Å²) in [7, 11) is 0. The average Bonchev–Trinajstić information content (AvgIpc) is 2.83. The van der Waals surface area contributed by atoms with Gasteiger partial charge in [-0.25, -0.2) is 0 Å². The number of rotatable bonds is 3. The Bertz CT molecular complexity index is 558. The number of thiophene rings is 1. The van der Waals surface area contributed by atoms with Gasteiger partial charge in [0.2, 0.25) is 0 Å². The van der Waals surface area contributed by atoms with Gasteiger partial charge in [-0.3, -0.25) is 4.79 Å². The molecule has 0 aliphatic carbocycles. The van der Waals surface area contributed by atoms with Crippen LogP contribution < -0.4 is 5.32 Å². The lowest BCUT2D eigenvalue weighted by atomic mass is 10.0. The quantitative estimate of drug-likeness (QED) is 0.935. The van der Waals surface area contributed by atoms with Crippen LogP contribution in [0.25, 0.3) is 10.1 Å². The highest BCUT2D eigenvalue weighted by molar-refractivity contribution is 7.99. The van der Waals surface area contributed by atoms with Gasteiger partial charge in [-0.05, 0) is 22.4 Å². The molecule has 1 aliphatic heterocycles. The Labute approximate surface area is 115 Å². The second kappa shape index (κ2) is 5.43. The number of benzene rings is 1. The van der Waals surface area contributed by atoms with E-state index in [-0.39, 0.29) is 6.04 Å². The lowest BCUT2D eigenvalue weighted by Crippen LogP contribution is -2.44. The molecule has 0 saturated carbocycles. The Morgan fingerprint density at radius 3 is 3.11 bits per heavy atom. The third-order valence-corrected chi connectivity index (χ3v) is 5.31. The smallest absolute Gasteiger partial charge is 0.154 e. The van der Waals surface area contributed by atoms with E-state index < -0.39 is 0 Å². The topological polar surface area (TPSA) is 29.1 Å². The maximum Gasteiger partial charge on any atom is 0.154 e. The summed E-state index contributed by atoms with van der Waals surface area (Å²) in [6.45, 7) is 0.950. The van der Waals surface area contributed by atoms with Crippen molar-refractivity contribution in [2.24, 2.45) is 0 Å². The van der Waals surface area contributed by atoms with Crippen molar-refractivity contribution < 1.29 is 4.79 Å². The molecule has 1 fully saturated rings. The molecule has 1 aromatic carbocycles. The number of hydrogen-bond donors (Lipinski definition) is 1. The molecule has 94 valence electrons. The SMILES string of the molecule is O=C(Cc1csc2ccccc12)C1CSCCN1. The number of carbonyl (C=O) groups excluding carboxylic acids is 1. The van der Waals surface area contributed by atoms with Crippen molar-refractivity contribution in [1.29, 1.82) is 0 Å². The van der Waals surface area contributed by atoms with Gasteiger partial charge in [0.25, 0.3) is 0 Å². The number of ketones is 1. The van der Waals surface area contributed by atoms with Crippen LogP contribution in [0.2, 0.25) is 0 Å². The maximum atomic E-state index is 12.2. The molecule has 2 nitrogen and oxygen atoms in total. The average molecular weight is 277 g/mol. The van der Waals surface area contributed by atoms with Crippen LogP contribution in [-0.2, 0) is 11.2 Å². The van der Waals surface area contributed by atoms with Gasteiger partial charge in [-0.2, -0.15) is 11.8 Å². The fraction of sp³-hybridized carbons (Fsp3) is 0.357. The Morgan fingerprint density at radius 1 is 1.39 bits per heavy atom. The number of thioether (sulfide) groups is 1. The third kappa shape index (κ3) is 2.46. The summed E-state index contributed by atoms with van der Waals surface area (Å²) < 4.78 is 1.27. The van der Waals surface area contributed by atoms with E-state index in [0.717, 1.165) is 18.1 Å². The van der Waals surface area contributed by atoms with Crippen LogP contribution in [0.15, 0.2) is 29.6 Å². The van der Waals surface area contributed by atoms with Gasteiger partial charge in [-0.15, -0.1) is 11.3 Å². The minimum atomic E-state index is 0.0439. The second-order valence-electron chi connectivity index (χ2n) is 4.48. The molecule has 1 aliphatic rings. The lowest BCUT2D eigenvalue weighted by Gasteiger charge is -2.21. The van der Waals surface area contributed by atoms with Crippen LogP contribution in [-0.4, -0.2) is 29.9 Å². The van der Waals surface area contributed by atoms with Crippen LogP contribution in [0.3, 0.4) is 0 Å². The molecule has 4 heteroatoms. The summed E-state index contributed by atoms with van der Waals surface area (Å²) in [4.78, 5) is 12.2. The summed E-state index contributed by atoms with van der Waals surface area (Å²) in [6, 6.07) is 8.35. The van der Waals surface area contributed by atoms with Gasteiger partial charge in [-0.1, -0.05) is 18.2 Å². The molecule has 0 spiro atoms. The second-order valence-corrected chi connectivity index (χ2v) is 6.54. The zero-order valence-electron chi connectivity index (χ0n) is 10.0. The fourth-order valence-electron chi connectivity index (χ4n) is 2.25. The van der Waals surface area contributed by atoms with Gasteiger partial charge in [0.05, 0.1) is 6.04 Å². The molecule has 1 saturated heterocycles. The number of carbonyl (C=O) groups is 1. The monoisotopic (exact) mass is 277 g/mol. The van der Waals surface area contributed by atoms with Crippen molar-refractivity contribution in [2.75, 3.05) is 18.1 Å². The molecule has 1 aromatic heterocycles. The van der Waals surface area contributed by atoms with Gasteiger partial charge in [0.1, 0.15) is 0 Å². The van der Waals surface area contributed by atoms with E-state index in [1.54, 1.807) is 11.3 Å². The number of Topliss-reactive ketones (excluding diaryl/α,β-unsaturated/α-hetero) is 1. The summed E-state index contributed by atoms with van der Waals surface area (Å²) in [5.41, 5.74) is 1.18. The highest BCUT2D eigenvalue weighted by Crippen LogP contribution is 2.26. The standard InChI is InChI=1S/C14H15NOS2/c16-13(12-9-17-6-5-15-12)7-10-8-18-14-4-2-1-3-11(10)14/h1-4,8,12,15H,5-7,9H2. The van der Waals surface area contributed by atoms with Crippen LogP contribution in [0.5, 0.6) is 0 Å². The maximum absolute atomic E-state index is 12.2. The number of hydrogen-bond acceptors (Lipinski definition) is 4. The molecule has 0 amide bonds. The Morgan fingerprint density at radius 2 is 2.28 bits per heavy atom. The summed E-state index contributed by atoms with van der Waals surface area (Å²) in [5, 5.41) is 6.67. The van der Waals surface area contributed by atoms with Crippen molar-refractivity contribution in [3.63, 3.8) is 0 Å². The first-order valence-electron chi connectivity index (χ1n) is 6.13. The summed E-state index contributed by atoms with van der Waals surface area (Å²) in [6.07, 6.45) is 0.558. The molecule has 0 radical (unpaired) electrons. The van der Waals surface area contributed by atoms with Gasteiger partial charge < -0.3 is 5.32 Å². The molecule has 1 atom stereocenters. The predicted molar refractivity (Wildman–Crippen MR) is 79.7 cm³/mol. The Hall–Kier alpha value is -0.840. The van der Waals surface area contributed by atoms with E-state index in [2.05, 4.69) is 22.8 Å². The van der Waals surface area contributed by atoms with Gasteiger partial charge in [0, 0.05) is 29.2 Å². The first kappa shape index (κ1) is 12.2. The molecule has 18 heavy (non-hydrogen) atoms. The van der Waals surface area contributed by atoms with E-state index in [4.69, 9.17) is 0 Å². The van der Waals surface area contributed by atoms with E-state index in [1.807, 2.05) is 23.9 Å².